The van der Waals surface area contributed by atoms with Crippen LogP contribution in [0.4, 0.5) is 27.7 Å². The van der Waals surface area contributed by atoms with E-state index in [1.165, 1.54) is 12.1 Å². The van der Waals surface area contributed by atoms with E-state index in [1.54, 1.807) is 12.1 Å². The van der Waals surface area contributed by atoms with E-state index >= 15 is 0 Å². The van der Waals surface area contributed by atoms with Gasteiger partial charge in [-0.2, -0.15) is 9.97 Å². The van der Waals surface area contributed by atoms with Gasteiger partial charge in [0.2, 0.25) is 5.95 Å². The maximum Gasteiger partial charge on any atom is 0.223 e. The molecule has 3 rings (SSSR count). The first kappa shape index (κ1) is 14.8. The van der Waals surface area contributed by atoms with Crippen LogP contribution >= 0.6 is 11.6 Å². The Kier molecular flexibility index (Phi) is 4.00. The van der Waals surface area contributed by atoms with Crippen molar-refractivity contribution >= 4 is 34.9 Å². The number of anilines is 4. The quantitative estimate of drug-likeness (QED) is 0.799. The average Bonchev–Trinajstić information content (AvgIpc) is 2.40. The molecule has 1 aromatic heterocycles. The van der Waals surface area contributed by atoms with E-state index in [0.29, 0.717) is 17.5 Å². The molecule has 1 saturated heterocycles. The molecule has 116 valence electrons. The second kappa shape index (κ2) is 5.94. The molecule has 1 fully saturated rings. The van der Waals surface area contributed by atoms with Gasteiger partial charge >= 0.3 is 0 Å². The molecule has 8 heteroatoms. The number of nitrogens with zero attached hydrogens (tertiary/aromatic N) is 3. The Morgan fingerprint density at radius 3 is 2.77 bits per heavy atom. The number of hydrogen-bond acceptors (Lipinski definition) is 6. The largest absolute Gasteiger partial charge is 0.368 e. The zero-order valence-electron chi connectivity index (χ0n) is 12.0. The van der Waals surface area contributed by atoms with Crippen LogP contribution < -0.4 is 21.3 Å². The third kappa shape index (κ3) is 3.05. The van der Waals surface area contributed by atoms with Crippen LogP contribution in [0.2, 0.25) is 5.02 Å². The Bertz CT molecular complexity index is 689. The topological polar surface area (TPSA) is 79.1 Å². The molecule has 0 saturated carbocycles. The van der Waals surface area contributed by atoms with Crippen LogP contribution in [0.15, 0.2) is 24.3 Å². The van der Waals surface area contributed by atoms with Gasteiger partial charge in [-0.25, -0.2) is 4.39 Å². The molecule has 1 aliphatic rings. The Hall–Kier alpha value is -2.12. The van der Waals surface area contributed by atoms with Gasteiger partial charge in [-0.05, 0) is 25.2 Å². The normalized spacial score (nSPS) is 14.8. The van der Waals surface area contributed by atoms with Gasteiger partial charge in [0.15, 0.2) is 0 Å². The van der Waals surface area contributed by atoms with Crippen LogP contribution in [0.3, 0.4) is 0 Å². The van der Waals surface area contributed by atoms with Gasteiger partial charge in [0.25, 0.3) is 0 Å². The summed E-state index contributed by atoms with van der Waals surface area (Å²) in [5.74, 6) is 1.05. The highest BCUT2D eigenvalue weighted by Crippen LogP contribution is 2.28. The molecule has 0 aliphatic carbocycles. The summed E-state index contributed by atoms with van der Waals surface area (Å²) in [6, 6.07) is 6.37. The first-order valence-corrected chi connectivity index (χ1v) is 7.22. The number of rotatable bonds is 4. The highest BCUT2D eigenvalue weighted by molar-refractivity contribution is 6.33. The maximum atomic E-state index is 13.1. The summed E-state index contributed by atoms with van der Waals surface area (Å²) in [5, 5.41) is 6.51. The van der Waals surface area contributed by atoms with Crippen LogP contribution in [-0.2, 0) is 0 Å². The minimum absolute atomic E-state index is 0.172. The van der Waals surface area contributed by atoms with Crippen LogP contribution in [0, 0.1) is 5.82 Å². The molecule has 4 N–H and O–H groups in total. The van der Waals surface area contributed by atoms with E-state index < -0.39 is 5.82 Å². The lowest BCUT2D eigenvalue weighted by molar-refractivity contribution is 0.447. The van der Waals surface area contributed by atoms with E-state index in [4.69, 9.17) is 17.3 Å². The summed E-state index contributed by atoms with van der Waals surface area (Å²) in [6.07, 6.45) is 0. The lowest BCUT2D eigenvalue weighted by Gasteiger charge is -2.40. The number of halogens is 2. The third-order valence-corrected chi connectivity index (χ3v) is 3.85. The van der Waals surface area contributed by atoms with Crippen molar-refractivity contribution < 1.29 is 4.39 Å². The van der Waals surface area contributed by atoms with Crippen LogP contribution in [0.25, 0.3) is 0 Å². The second-order valence-electron chi connectivity index (χ2n) is 5.11. The zero-order chi connectivity index (χ0) is 15.7. The molecule has 0 unspecified atom stereocenters. The number of aromatic nitrogens is 2. The maximum absolute atomic E-state index is 13.1. The standard InChI is InChI=1S/C14H16ClFN6/c1-18-9-6-22(7-9)13-5-12(20-14(17)21-13)19-11-3-2-8(16)4-10(11)15/h2-5,9,18H,6-7H2,1H3,(H3,17,19,20,21). The Balaban J connectivity index is 1.80. The molecule has 0 atom stereocenters. The molecule has 2 heterocycles. The molecule has 1 aromatic carbocycles. The van der Waals surface area contributed by atoms with Crippen molar-refractivity contribution in [3.63, 3.8) is 0 Å². The lowest BCUT2D eigenvalue weighted by atomic mass is 10.1. The van der Waals surface area contributed by atoms with Crippen molar-refractivity contribution in [3.8, 4) is 0 Å². The van der Waals surface area contributed by atoms with Crippen LogP contribution in [0.5, 0.6) is 0 Å². The van der Waals surface area contributed by atoms with Gasteiger partial charge in [-0.3, -0.25) is 0 Å². The Morgan fingerprint density at radius 2 is 2.09 bits per heavy atom. The van der Waals surface area contributed by atoms with Crippen molar-refractivity contribution in [2.24, 2.45) is 0 Å². The Morgan fingerprint density at radius 1 is 1.32 bits per heavy atom. The molecule has 6 nitrogen and oxygen atoms in total. The minimum Gasteiger partial charge on any atom is -0.368 e. The monoisotopic (exact) mass is 322 g/mol. The van der Waals surface area contributed by atoms with Gasteiger partial charge in [0.05, 0.1) is 10.7 Å². The van der Waals surface area contributed by atoms with Gasteiger partial charge < -0.3 is 21.3 Å². The minimum atomic E-state index is -0.392. The number of benzene rings is 1. The number of nitrogens with two attached hydrogens (primary N) is 1. The van der Waals surface area contributed by atoms with Crippen LogP contribution in [0.1, 0.15) is 0 Å². The molecular formula is C14H16ClFN6. The van der Waals surface area contributed by atoms with E-state index in [-0.39, 0.29) is 11.0 Å². The van der Waals surface area contributed by atoms with Gasteiger partial charge in [0.1, 0.15) is 17.5 Å². The van der Waals surface area contributed by atoms with Crippen molar-refractivity contribution in [2.75, 3.05) is 36.1 Å². The van der Waals surface area contributed by atoms with E-state index in [9.17, 15) is 4.39 Å². The van der Waals surface area contributed by atoms with Crippen LogP contribution in [-0.4, -0.2) is 36.1 Å². The number of nitrogen functional groups attached to an aromatic ring is 1. The molecule has 22 heavy (non-hydrogen) atoms. The SMILES string of the molecule is CNC1CN(c2cc(Nc3ccc(F)cc3Cl)nc(N)n2)C1. The number of nitrogens with one attached hydrogen (secondary N) is 2. The molecule has 0 bridgehead atoms. The number of likely N-dealkylation sites (N-methyl/N-ethyl adjacent to an activating group) is 1. The predicted octanol–water partition coefficient (Wildman–Crippen LogP) is 2.00. The summed E-state index contributed by atoms with van der Waals surface area (Å²) in [5.41, 5.74) is 6.32. The molecule has 0 spiro atoms. The fourth-order valence-electron chi connectivity index (χ4n) is 2.26. The van der Waals surface area contributed by atoms with Crippen molar-refractivity contribution in [1.29, 1.82) is 0 Å². The summed E-state index contributed by atoms with van der Waals surface area (Å²) in [6.45, 7) is 1.73. The van der Waals surface area contributed by atoms with Gasteiger partial charge in [-0.1, -0.05) is 11.6 Å². The van der Waals surface area contributed by atoms with Gasteiger partial charge in [-0.15, -0.1) is 0 Å². The van der Waals surface area contributed by atoms with Crippen molar-refractivity contribution in [1.82, 2.24) is 15.3 Å². The molecule has 2 aromatic rings. The first-order valence-electron chi connectivity index (χ1n) is 6.84. The third-order valence-electron chi connectivity index (χ3n) is 3.54. The van der Waals surface area contributed by atoms with Crippen molar-refractivity contribution in [3.05, 3.63) is 35.1 Å². The fourth-order valence-corrected chi connectivity index (χ4v) is 2.47. The molecule has 0 radical (unpaired) electrons. The van der Waals surface area contributed by atoms with Crippen molar-refractivity contribution in [2.45, 2.75) is 6.04 Å². The fraction of sp³-hybridized carbons (Fsp3) is 0.286. The Labute approximate surface area is 132 Å². The smallest absolute Gasteiger partial charge is 0.223 e. The predicted molar refractivity (Wildman–Crippen MR) is 86.2 cm³/mol. The zero-order valence-corrected chi connectivity index (χ0v) is 12.7. The highest BCUT2D eigenvalue weighted by atomic mass is 35.5. The molecule has 0 amide bonds. The first-order chi connectivity index (χ1) is 10.5. The summed E-state index contributed by atoms with van der Waals surface area (Å²) in [4.78, 5) is 10.5. The molecule has 1 aliphatic heterocycles. The highest BCUT2D eigenvalue weighted by Gasteiger charge is 2.26. The second-order valence-corrected chi connectivity index (χ2v) is 5.52. The van der Waals surface area contributed by atoms with E-state index in [0.717, 1.165) is 18.9 Å². The lowest BCUT2D eigenvalue weighted by Crippen LogP contribution is -2.57. The number of hydrogen-bond donors (Lipinski definition) is 3. The average molecular weight is 323 g/mol. The van der Waals surface area contributed by atoms with Gasteiger partial charge in [0, 0.05) is 25.2 Å². The summed E-state index contributed by atoms with van der Waals surface area (Å²) < 4.78 is 13.1. The summed E-state index contributed by atoms with van der Waals surface area (Å²) >= 11 is 6.00. The summed E-state index contributed by atoms with van der Waals surface area (Å²) in [7, 11) is 1.93. The molecular weight excluding hydrogens is 307 g/mol. The van der Waals surface area contributed by atoms with E-state index in [1.807, 2.05) is 7.05 Å². The van der Waals surface area contributed by atoms with E-state index in [2.05, 4.69) is 25.5 Å².